The molecule has 2 amide bonds. The number of nitrogens with zero attached hydrogens (tertiary/aromatic N) is 4. The summed E-state index contributed by atoms with van der Waals surface area (Å²) in [7, 11) is 0. The summed E-state index contributed by atoms with van der Waals surface area (Å²) in [5.41, 5.74) is -0.444. The Morgan fingerprint density at radius 2 is 2.00 bits per heavy atom. The third kappa shape index (κ3) is 6.48. The van der Waals surface area contributed by atoms with E-state index >= 15 is 0 Å². The van der Waals surface area contributed by atoms with Crippen molar-refractivity contribution in [3.05, 3.63) is 48.0 Å². The van der Waals surface area contributed by atoms with Crippen LogP contribution in [0.25, 0.3) is 0 Å². The van der Waals surface area contributed by atoms with Gasteiger partial charge < -0.3 is 23.8 Å². The van der Waals surface area contributed by atoms with Crippen LogP contribution in [0, 0.1) is 5.41 Å². The van der Waals surface area contributed by atoms with E-state index in [0.717, 1.165) is 12.8 Å². The Kier molecular flexibility index (Phi) is 7.88. The number of amides is 2. The second-order valence-electron chi connectivity index (χ2n) is 8.89. The molecule has 3 heterocycles. The minimum absolute atomic E-state index is 0.0920. The van der Waals surface area contributed by atoms with Crippen molar-refractivity contribution in [1.29, 1.82) is 0 Å². The number of rotatable bonds is 8. The van der Waals surface area contributed by atoms with Crippen LogP contribution in [0.2, 0.25) is 5.02 Å². The summed E-state index contributed by atoms with van der Waals surface area (Å²) in [5, 5.41) is 0.603. The Bertz CT molecular complexity index is 932. The molecule has 1 atom stereocenters. The van der Waals surface area contributed by atoms with Crippen molar-refractivity contribution in [1.82, 2.24) is 19.4 Å². The van der Waals surface area contributed by atoms with E-state index in [1.54, 1.807) is 24.7 Å². The zero-order chi connectivity index (χ0) is 23.1. The van der Waals surface area contributed by atoms with Crippen LogP contribution in [0.4, 0.5) is 0 Å². The lowest BCUT2D eigenvalue weighted by atomic mass is 9.77. The van der Waals surface area contributed by atoms with Crippen molar-refractivity contribution in [3.63, 3.8) is 0 Å². The van der Waals surface area contributed by atoms with E-state index < -0.39 is 5.41 Å². The maximum Gasteiger partial charge on any atom is 0.224 e. The molecule has 0 aliphatic carbocycles. The standard InChI is InChI=1S/C24H31ClN4O4/c25-20-3-1-4-21(15-20)33-18-24(16-23(31)28-11-13-32-14-12-28)6-2-8-29(17-24)22(30)5-9-27-10-7-26-19-27/h1,3-4,7,10,15,19H,2,5-6,8-9,11-14,16-18H2. The molecule has 1 aromatic heterocycles. The van der Waals surface area contributed by atoms with Gasteiger partial charge >= 0.3 is 0 Å². The minimum atomic E-state index is -0.444. The molecule has 1 unspecified atom stereocenters. The van der Waals surface area contributed by atoms with Crippen molar-refractivity contribution < 1.29 is 19.1 Å². The third-order valence-corrected chi connectivity index (χ3v) is 6.62. The zero-order valence-corrected chi connectivity index (χ0v) is 19.6. The molecule has 0 bridgehead atoms. The number of carbonyl (C=O) groups is 2. The van der Waals surface area contributed by atoms with Gasteiger partial charge in [0.05, 0.1) is 26.1 Å². The van der Waals surface area contributed by atoms with E-state index in [2.05, 4.69) is 4.98 Å². The fourth-order valence-electron chi connectivity index (χ4n) is 4.57. The summed E-state index contributed by atoms with van der Waals surface area (Å²) in [6.07, 6.45) is 7.70. The average molecular weight is 475 g/mol. The van der Waals surface area contributed by atoms with Gasteiger partial charge in [0.25, 0.3) is 0 Å². The molecule has 0 spiro atoms. The van der Waals surface area contributed by atoms with Gasteiger partial charge in [0.2, 0.25) is 11.8 Å². The Morgan fingerprint density at radius 1 is 1.15 bits per heavy atom. The fourth-order valence-corrected chi connectivity index (χ4v) is 4.75. The van der Waals surface area contributed by atoms with Crippen LogP contribution >= 0.6 is 11.6 Å². The predicted molar refractivity (Wildman–Crippen MR) is 124 cm³/mol. The number of halogens is 1. The second-order valence-corrected chi connectivity index (χ2v) is 9.32. The van der Waals surface area contributed by atoms with Gasteiger partial charge in [0.1, 0.15) is 5.75 Å². The molecule has 178 valence electrons. The van der Waals surface area contributed by atoms with Crippen LogP contribution in [0.5, 0.6) is 5.75 Å². The Morgan fingerprint density at radius 3 is 2.76 bits per heavy atom. The largest absolute Gasteiger partial charge is 0.493 e. The highest BCUT2D eigenvalue weighted by molar-refractivity contribution is 6.30. The van der Waals surface area contributed by atoms with E-state index in [1.165, 1.54) is 0 Å². The number of hydrogen-bond acceptors (Lipinski definition) is 5. The number of likely N-dealkylation sites (tertiary alicyclic amines) is 1. The van der Waals surface area contributed by atoms with Crippen LogP contribution in [0.1, 0.15) is 25.7 Å². The van der Waals surface area contributed by atoms with Gasteiger partial charge in [-0.05, 0) is 31.0 Å². The molecule has 0 saturated carbocycles. The molecular weight excluding hydrogens is 444 g/mol. The summed E-state index contributed by atoms with van der Waals surface area (Å²) < 4.78 is 13.4. The van der Waals surface area contributed by atoms with Crippen LogP contribution < -0.4 is 4.74 Å². The first-order valence-electron chi connectivity index (χ1n) is 11.5. The minimum Gasteiger partial charge on any atom is -0.493 e. The van der Waals surface area contributed by atoms with E-state index in [4.69, 9.17) is 21.1 Å². The average Bonchev–Trinajstić information content (AvgIpc) is 3.36. The monoisotopic (exact) mass is 474 g/mol. The number of aryl methyl sites for hydroxylation is 1. The number of morpholine rings is 1. The molecule has 0 radical (unpaired) electrons. The molecule has 2 fully saturated rings. The van der Waals surface area contributed by atoms with Crippen molar-refractivity contribution >= 4 is 23.4 Å². The summed E-state index contributed by atoms with van der Waals surface area (Å²) in [6, 6.07) is 7.28. The summed E-state index contributed by atoms with van der Waals surface area (Å²) in [4.78, 5) is 34.0. The van der Waals surface area contributed by atoms with Crippen molar-refractivity contribution in [3.8, 4) is 5.75 Å². The number of piperidine rings is 1. The van der Waals surface area contributed by atoms with E-state index in [0.29, 0.717) is 76.2 Å². The lowest BCUT2D eigenvalue weighted by Crippen LogP contribution is -2.52. The van der Waals surface area contributed by atoms with Gasteiger partial charge in [-0.15, -0.1) is 0 Å². The maximum absolute atomic E-state index is 13.2. The highest BCUT2D eigenvalue weighted by Crippen LogP contribution is 2.36. The molecule has 2 aliphatic heterocycles. The summed E-state index contributed by atoms with van der Waals surface area (Å²) in [6.45, 7) is 4.51. The van der Waals surface area contributed by atoms with Gasteiger partial charge in [-0.3, -0.25) is 9.59 Å². The zero-order valence-electron chi connectivity index (χ0n) is 18.8. The number of benzene rings is 1. The molecular formula is C24H31ClN4O4. The Hall–Kier alpha value is -2.58. The van der Waals surface area contributed by atoms with Crippen molar-refractivity contribution in [2.45, 2.75) is 32.2 Å². The highest BCUT2D eigenvalue weighted by Gasteiger charge is 2.41. The van der Waals surface area contributed by atoms with Crippen LogP contribution in [-0.2, 0) is 20.9 Å². The molecule has 0 N–H and O–H groups in total. The Balaban J connectivity index is 1.45. The summed E-state index contributed by atoms with van der Waals surface area (Å²) >= 11 is 6.12. The first-order chi connectivity index (χ1) is 16.0. The van der Waals surface area contributed by atoms with E-state index in [9.17, 15) is 9.59 Å². The SMILES string of the molecule is O=C(CC1(COc2cccc(Cl)c2)CCCN(C(=O)CCn2ccnc2)C1)N1CCOCC1. The molecule has 33 heavy (non-hydrogen) atoms. The smallest absolute Gasteiger partial charge is 0.224 e. The maximum atomic E-state index is 13.2. The molecule has 8 nitrogen and oxygen atoms in total. The molecule has 2 saturated heterocycles. The number of carbonyl (C=O) groups excluding carboxylic acids is 2. The van der Waals surface area contributed by atoms with Crippen LogP contribution in [-0.4, -0.2) is 77.2 Å². The van der Waals surface area contributed by atoms with Gasteiger partial charge in [0.15, 0.2) is 0 Å². The van der Waals surface area contributed by atoms with Gasteiger partial charge in [-0.25, -0.2) is 4.98 Å². The van der Waals surface area contributed by atoms with E-state index in [-0.39, 0.29) is 11.8 Å². The van der Waals surface area contributed by atoms with Crippen molar-refractivity contribution in [2.75, 3.05) is 46.0 Å². The van der Waals surface area contributed by atoms with Gasteiger partial charge in [-0.1, -0.05) is 17.7 Å². The number of ether oxygens (including phenoxy) is 2. The lowest BCUT2D eigenvalue weighted by Gasteiger charge is -2.43. The van der Waals surface area contributed by atoms with E-state index in [1.807, 2.05) is 32.7 Å². The highest BCUT2D eigenvalue weighted by atomic mass is 35.5. The van der Waals surface area contributed by atoms with Crippen LogP contribution in [0.3, 0.4) is 0 Å². The second kappa shape index (κ2) is 11.0. The number of imidazole rings is 1. The fraction of sp³-hybridized carbons (Fsp3) is 0.542. The topological polar surface area (TPSA) is 76.9 Å². The molecule has 9 heteroatoms. The van der Waals surface area contributed by atoms with Crippen molar-refractivity contribution in [2.24, 2.45) is 5.41 Å². The first-order valence-corrected chi connectivity index (χ1v) is 11.9. The first kappa shape index (κ1) is 23.6. The molecule has 1 aromatic carbocycles. The number of hydrogen-bond donors (Lipinski definition) is 0. The summed E-state index contributed by atoms with van der Waals surface area (Å²) in [5.74, 6) is 0.860. The molecule has 4 rings (SSSR count). The third-order valence-electron chi connectivity index (χ3n) is 6.39. The number of aromatic nitrogens is 2. The normalized spacial score (nSPS) is 21.1. The molecule has 2 aromatic rings. The quantitative estimate of drug-likeness (QED) is 0.588. The van der Waals surface area contributed by atoms with Gasteiger partial charge in [-0.2, -0.15) is 0 Å². The van der Waals surface area contributed by atoms with Gasteiger partial charge in [0, 0.05) is 68.4 Å². The Labute approximate surface area is 199 Å². The predicted octanol–water partition coefficient (Wildman–Crippen LogP) is 2.86. The molecule has 2 aliphatic rings. The van der Waals surface area contributed by atoms with Crippen LogP contribution in [0.15, 0.2) is 43.0 Å². The lowest BCUT2D eigenvalue weighted by molar-refractivity contribution is -0.144.